The van der Waals surface area contributed by atoms with Crippen LogP contribution in [0.2, 0.25) is 5.02 Å². The Bertz CT molecular complexity index is 1300. The van der Waals surface area contributed by atoms with Crippen LogP contribution >= 0.6 is 11.6 Å². The fourth-order valence-electron chi connectivity index (χ4n) is 5.03. The molecule has 2 aliphatic rings. The van der Waals surface area contributed by atoms with E-state index >= 15 is 0 Å². The summed E-state index contributed by atoms with van der Waals surface area (Å²) in [5.41, 5.74) is 1.79. The van der Waals surface area contributed by atoms with Crippen molar-refractivity contribution in [2.75, 3.05) is 36.9 Å². The highest BCUT2D eigenvalue weighted by atomic mass is 35.5. The quantitative estimate of drug-likeness (QED) is 0.522. The second-order valence-corrected chi connectivity index (χ2v) is 9.75. The Morgan fingerprint density at radius 3 is 2.81 bits per heavy atom. The first-order valence-corrected chi connectivity index (χ1v) is 12.8. The van der Waals surface area contributed by atoms with E-state index in [1.165, 1.54) is 0 Å². The van der Waals surface area contributed by atoms with Crippen LogP contribution in [0, 0.1) is 11.3 Å². The van der Waals surface area contributed by atoms with E-state index in [1.54, 1.807) is 24.4 Å². The molecule has 4 heterocycles. The number of carbonyl (C=O) groups is 1. The number of aryl methyl sites for hydroxylation is 1. The molecule has 2 saturated heterocycles. The van der Waals surface area contributed by atoms with Gasteiger partial charge < -0.3 is 20.4 Å². The third-order valence-corrected chi connectivity index (χ3v) is 7.38. The van der Waals surface area contributed by atoms with Gasteiger partial charge in [0.25, 0.3) is 0 Å². The maximum Gasteiger partial charge on any atom is 0.239 e. The van der Waals surface area contributed by atoms with E-state index < -0.39 is 0 Å². The van der Waals surface area contributed by atoms with Gasteiger partial charge in [0.05, 0.1) is 28.9 Å². The van der Waals surface area contributed by atoms with Crippen LogP contribution in [0.15, 0.2) is 24.4 Å². The number of hydrogen-bond donors (Lipinski definition) is 2. The molecule has 2 aromatic heterocycles. The Morgan fingerprint density at radius 2 is 2.11 bits per heavy atom. The van der Waals surface area contributed by atoms with Gasteiger partial charge in [-0.25, -0.2) is 4.68 Å². The predicted molar refractivity (Wildman–Crippen MR) is 139 cm³/mol. The number of piperidine rings is 1. The number of likely N-dealkylation sites (N-methyl/N-ethyl adjacent to an activating group) is 1. The van der Waals surface area contributed by atoms with Crippen LogP contribution in [0.4, 0.5) is 17.5 Å². The highest BCUT2D eigenvalue weighted by Crippen LogP contribution is 2.30. The van der Waals surface area contributed by atoms with Crippen LogP contribution in [-0.2, 0) is 11.3 Å². The van der Waals surface area contributed by atoms with E-state index in [0.29, 0.717) is 34.6 Å². The first-order chi connectivity index (χ1) is 17.5. The van der Waals surface area contributed by atoms with Gasteiger partial charge in [0.1, 0.15) is 11.9 Å². The van der Waals surface area contributed by atoms with E-state index in [9.17, 15) is 10.1 Å². The molecule has 0 aliphatic carbocycles. The van der Waals surface area contributed by atoms with Crippen molar-refractivity contribution in [1.29, 1.82) is 5.26 Å². The number of aromatic nitrogens is 4. The highest BCUT2D eigenvalue weighted by molar-refractivity contribution is 6.30. The summed E-state index contributed by atoms with van der Waals surface area (Å²) in [6, 6.07) is 7.48. The second-order valence-electron chi connectivity index (χ2n) is 9.31. The second kappa shape index (κ2) is 10.3. The van der Waals surface area contributed by atoms with Gasteiger partial charge in [-0.15, -0.1) is 0 Å². The van der Waals surface area contributed by atoms with Gasteiger partial charge in [-0.05, 0) is 57.4 Å². The number of amides is 1. The molecule has 1 unspecified atom stereocenters. The van der Waals surface area contributed by atoms with Gasteiger partial charge in [0, 0.05) is 37.7 Å². The average Bonchev–Trinajstić information content (AvgIpc) is 3.59. The standard InChI is InChI=1S/C25H30ClN9O/c1-3-35-23-19(15-29-35)22(30-20-7-6-17(26)13-16(20)14-27)31-25(32-23)34-11-8-18(9-12-34)33(2)24(36)21-5-4-10-28-21/h6-7,13,15,18,21,28H,3-5,8-12H2,1-2H3,(H,30,31,32). The number of hydrogen-bond acceptors (Lipinski definition) is 8. The molecule has 3 aromatic rings. The van der Waals surface area contributed by atoms with Gasteiger partial charge in [0.15, 0.2) is 5.65 Å². The van der Waals surface area contributed by atoms with Crippen LogP contribution in [-0.4, -0.2) is 69.3 Å². The lowest BCUT2D eigenvalue weighted by molar-refractivity contribution is -0.134. The minimum atomic E-state index is -0.0482. The highest BCUT2D eigenvalue weighted by Gasteiger charge is 2.31. The van der Waals surface area contributed by atoms with Crippen molar-refractivity contribution in [3.63, 3.8) is 0 Å². The summed E-state index contributed by atoms with van der Waals surface area (Å²) in [5.74, 6) is 1.39. The van der Waals surface area contributed by atoms with Gasteiger partial charge in [0.2, 0.25) is 11.9 Å². The van der Waals surface area contributed by atoms with Crippen molar-refractivity contribution in [3.8, 4) is 6.07 Å². The summed E-state index contributed by atoms with van der Waals surface area (Å²) >= 11 is 6.08. The van der Waals surface area contributed by atoms with Crippen LogP contribution in [0.25, 0.3) is 11.0 Å². The van der Waals surface area contributed by atoms with Gasteiger partial charge in [-0.3, -0.25) is 4.79 Å². The Morgan fingerprint density at radius 1 is 1.31 bits per heavy atom. The van der Waals surface area contributed by atoms with E-state index in [-0.39, 0.29) is 18.0 Å². The Hall–Kier alpha value is -3.42. The summed E-state index contributed by atoms with van der Waals surface area (Å²) in [5, 5.41) is 21.9. The molecule has 2 aliphatic heterocycles. The van der Waals surface area contributed by atoms with Crippen molar-refractivity contribution >= 4 is 46.0 Å². The summed E-state index contributed by atoms with van der Waals surface area (Å²) in [4.78, 5) is 26.6. The molecule has 1 aromatic carbocycles. The number of fused-ring (bicyclic) bond motifs is 1. The minimum absolute atomic E-state index is 0.0482. The SMILES string of the molecule is CCn1ncc2c(Nc3ccc(Cl)cc3C#N)nc(N3CCC(N(C)C(=O)C4CCCN4)CC3)nc21. The van der Waals surface area contributed by atoms with E-state index in [4.69, 9.17) is 21.6 Å². The predicted octanol–water partition coefficient (Wildman–Crippen LogP) is 3.29. The third-order valence-electron chi connectivity index (χ3n) is 7.14. The van der Waals surface area contributed by atoms with Gasteiger partial charge in [-0.2, -0.15) is 20.3 Å². The molecule has 1 atom stereocenters. The lowest BCUT2D eigenvalue weighted by Crippen LogP contribution is -2.50. The maximum atomic E-state index is 12.9. The fraction of sp³-hybridized carbons (Fsp3) is 0.480. The van der Waals surface area contributed by atoms with Gasteiger partial charge in [-0.1, -0.05) is 11.6 Å². The number of anilines is 3. The van der Waals surface area contributed by atoms with Crippen LogP contribution < -0.4 is 15.5 Å². The summed E-state index contributed by atoms with van der Waals surface area (Å²) in [6.45, 7) is 5.10. The summed E-state index contributed by atoms with van der Waals surface area (Å²) < 4.78 is 1.84. The number of carbonyl (C=O) groups excluding carboxylic acids is 1. The van der Waals surface area contributed by atoms with Crippen molar-refractivity contribution in [2.45, 2.75) is 51.2 Å². The van der Waals surface area contributed by atoms with Gasteiger partial charge >= 0.3 is 0 Å². The third kappa shape index (κ3) is 4.68. The summed E-state index contributed by atoms with van der Waals surface area (Å²) in [6.07, 6.45) is 5.41. The largest absolute Gasteiger partial charge is 0.341 e. The molecular formula is C25H30ClN9O. The van der Waals surface area contributed by atoms with Crippen LogP contribution in [0.3, 0.4) is 0 Å². The molecule has 2 N–H and O–H groups in total. The molecule has 0 spiro atoms. The van der Waals surface area contributed by atoms with Crippen molar-refractivity contribution in [3.05, 3.63) is 35.0 Å². The monoisotopic (exact) mass is 507 g/mol. The minimum Gasteiger partial charge on any atom is -0.341 e. The molecule has 36 heavy (non-hydrogen) atoms. The van der Waals surface area contributed by atoms with E-state index in [2.05, 4.69) is 26.7 Å². The molecule has 0 bridgehead atoms. The van der Waals surface area contributed by atoms with Crippen molar-refractivity contribution in [2.24, 2.45) is 0 Å². The number of benzene rings is 1. The molecule has 188 valence electrons. The number of nitrogens with one attached hydrogen (secondary N) is 2. The lowest BCUT2D eigenvalue weighted by Gasteiger charge is -2.37. The molecule has 10 nitrogen and oxygen atoms in total. The molecular weight excluding hydrogens is 478 g/mol. The average molecular weight is 508 g/mol. The maximum absolute atomic E-state index is 12.9. The zero-order valence-electron chi connectivity index (χ0n) is 20.5. The Balaban J connectivity index is 1.38. The molecule has 1 amide bonds. The van der Waals surface area contributed by atoms with E-state index in [1.807, 2.05) is 23.6 Å². The number of nitriles is 1. The fourth-order valence-corrected chi connectivity index (χ4v) is 5.20. The molecule has 0 saturated carbocycles. The molecule has 5 rings (SSSR count). The number of rotatable bonds is 6. The normalized spacial score (nSPS) is 18.4. The lowest BCUT2D eigenvalue weighted by atomic mass is 10.0. The topological polar surface area (TPSA) is 115 Å². The molecule has 2 fully saturated rings. The molecule has 0 radical (unpaired) electrons. The van der Waals surface area contributed by atoms with E-state index in [0.717, 1.165) is 56.4 Å². The van der Waals surface area contributed by atoms with Crippen LogP contribution in [0.1, 0.15) is 38.2 Å². The first-order valence-electron chi connectivity index (χ1n) is 12.4. The molecule has 11 heteroatoms. The van der Waals surface area contributed by atoms with Crippen LogP contribution in [0.5, 0.6) is 0 Å². The number of halogens is 1. The van der Waals surface area contributed by atoms with Crippen molar-refractivity contribution < 1.29 is 4.79 Å². The van der Waals surface area contributed by atoms with Crippen molar-refractivity contribution in [1.82, 2.24) is 30.0 Å². The zero-order valence-corrected chi connectivity index (χ0v) is 21.3. The zero-order chi connectivity index (χ0) is 25.2. The first kappa shape index (κ1) is 24.3. The number of nitrogens with zero attached hydrogens (tertiary/aromatic N) is 7. The smallest absolute Gasteiger partial charge is 0.239 e. The summed E-state index contributed by atoms with van der Waals surface area (Å²) in [7, 11) is 1.92. The Kier molecular flexibility index (Phi) is 6.94. The Labute approximate surface area is 215 Å².